The van der Waals surface area contributed by atoms with Crippen LogP contribution in [0, 0.1) is 0 Å². The first-order valence-corrected chi connectivity index (χ1v) is 4.63. The van der Waals surface area contributed by atoms with E-state index >= 15 is 0 Å². The molecule has 2 nitrogen and oxygen atoms in total. The van der Waals surface area contributed by atoms with Crippen molar-refractivity contribution in [1.82, 2.24) is 4.90 Å². The van der Waals surface area contributed by atoms with E-state index < -0.39 is 0 Å². The number of ether oxygens (including phenoxy) is 1. The number of rotatable bonds is 2. The van der Waals surface area contributed by atoms with Crippen LogP contribution in [0.4, 0.5) is 0 Å². The first kappa shape index (κ1) is 9.01. The molecule has 1 aliphatic heterocycles. The Balaban J connectivity index is 2.41. The Morgan fingerprint density at radius 2 is 2.18 bits per heavy atom. The predicted molar refractivity (Wildman–Crippen MR) is 46.5 cm³/mol. The zero-order valence-corrected chi connectivity index (χ0v) is 7.84. The number of hydrogen-bond donors (Lipinski definition) is 0. The normalized spacial score (nSPS) is 34.1. The lowest BCUT2D eigenvalue weighted by atomic mass is 10.1. The lowest BCUT2D eigenvalue weighted by molar-refractivity contribution is -0.107. The van der Waals surface area contributed by atoms with Gasteiger partial charge in [-0.1, -0.05) is 6.92 Å². The van der Waals surface area contributed by atoms with Gasteiger partial charge in [0.15, 0.2) is 0 Å². The van der Waals surface area contributed by atoms with Gasteiger partial charge >= 0.3 is 0 Å². The zero-order valence-electron chi connectivity index (χ0n) is 7.84. The molecule has 0 spiro atoms. The highest BCUT2D eigenvalue weighted by atomic mass is 16.5. The van der Waals surface area contributed by atoms with E-state index in [1.54, 1.807) is 0 Å². The molecule has 2 atom stereocenters. The molecule has 2 heteroatoms. The minimum Gasteiger partial charge on any atom is -0.363 e. The van der Waals surface area contributed by atoms with Crippen LogP contribution in [0.1, 0.15) is 33.6 Å². The molecule has 0 amide bonds. The molecule has 11 heavy (non-hydrogen) atoms. The van der Waals surface area contributed by atoms with Gasteiger partial charge < -0.3 is 4.74 Å². The van der Waals surface area contributed by atoms with Crippen molar-refractivity contribution in [3.8, 4) is 0 Å². The van der Waals surface area contributed by atoms with Crippen LogP contribution < -0.4 is 0 Å². The van der Waals surface area contributed by atoms with Crippen LogP contribution in [-0.2, 0) is 4.74 Å². The average Bonchev–Trinajstić information content (AvgIpc) is 1.97. The third kappa shape index (κ3) is 2.17. The van der Waals surface area contributed by atoms with Gasteiger partial charge in [-0.2, -0.15) is 0 Å². The van der Waals surface area contributed by atoms with Gasteiger partial charge in [0.25, 0.3) is 0 Å². The molecule has 66 valence electrons. The molecular formula is C9H19NO. The van der Waals surface area contributed by atoms with Gasteiger partial charge in [0, 0.05) is 12.6 Å². The van der Waals surface area contributed by atoms with Crippen molar-refractivity contribution in [2.75, 3.05) is 13.2 Å². The smallest absolute Gasteiger partial charge is 0.107 e. The Hall–Kier alpha value is -0.0800. The molecule has 1 aliphatic rings. The van der Waals surface area contributed by atoms with Crippen molar-refractivity contribution < 1.29 is 4.74 Å². The van der Waals surface area contributed by atoms with Gasteiger partial charge in [0.1, 0.15) is 6.23 Å². The van der Waals surface area contributed by atoms with Crippen molar-refractivity contribution in [2.24, 2.45) is 0 Å². The second-order valence-electron chi connectivity index (χ2n) is 3.35. The molecule has 0 aromatic carbocycles. The van der Waals surface area contributed by atoms with Crippen molar-refractivity contribution in [3.63, 3.8) is 0 Å². The summed E-state index contributed by atoms with van der Waals surface area (Å²) in [5, 5.41) is 0. The van der Waals surface area contributed by atoms with E-state index in [1.807, 2.05) is 0 Å². The van der Waals surface area contributed by atoms with Gasteiger partial charge in [-0.3, -0.25) is 4.90 Å². The first-order valence-electron chi connectivity index (χ1n) is 4.63. The predicted octanol–water partition coefficient (Wildman–Crippen LogP) is 1.85. The van der Waals surface area contributed by atoms with Crippen LogP contribution in [0.15, 0.2) is 0 Å². The minimum absolute atomic E-state index is 0.332. The molecule has 0 N–H and O–H groups in total. The van der Waals surface area contributed by atoms with Crippen molar-refractivity contribution in [1.29, 1.82) is 0 Å². The highest BCUT2D eigenvalue weighted by molar-refractivity contribution is 4.72. The van der Waals surface area contributed by atoms with Crippen LogP contribution in [0.2, 0.25) is 0 Å². The molecule has 0 saturated carbocycles. The lowest BCUT2D eigenvalue weighted by Gasteiger charge is -2.38. The molecule has 1 heterocycles. The summed E-state index contributed by atoms with van der Waals surface area (Å²) in [5.74, 6) is 0. The van der Waals surface area contributed by atoms with Crippen LogP contribution in [-0.4, -0.2) is 30.3 Å². The molecule has 1 fully saturated rings. The van der Waals surface area contributed by atoms with Crippen molar-refractivity contribution in [3.05, 3.63) is 0 Å². The summed E-state index contributed by atoms with van der Waals surface area (Å²) in [4.78, 5) is 2.43. The second kappa shape index (κ2) is 4.07. The molecule has 0 radical (unpaired) electrons. The van der Waals surface area contributed by atoms with Crippen LogP contribution >= 0.6 is 0 Å². The maximum absolute atomic E-state index is 5.54. The Kier molecular flexibility index (Phi) is 3.34. The molecule has 0 aromatic rings. The standard InChI is InChI=1S/C9H19NO/c1-4-6-10-8(2)5-7-11-9(10)3/h8-9H,4-7H2,1-3H3/t8-,9?/m1/s1. The summed E-state index contributed by atoms with van der Waals surface area (Å²) in [6.45, 7) is 8.75. The topological polar surface area (TPSA) is 12.5 Å². The highest BCUT2D eigenvalue weighted by Gasteiger charge is 2.23. The maximum atomic E-state index is 5.54. The zero-order chi connectivity index (χ0) is 8.27. The molecule has 1 unspecified atom stereocenters. The quantitative estimate of drug-likeness (QED) is 0.606. The van der Waals surface area contributed by atoms with Gasteiger partial charge in [-0.25, -0.2) is 0 Å². The number of hydrogen-bond acceptors (Lipinski definition) is 2. The lowest BCUT2D eigenvalue weighted by Crippen LogP contribution is -2.46. The van der Waals surface area contributed by atoms with E-state index in [0.717, 1.165) is 6.61 Å². The summed E-state index contributed by atoms with van der Waals surface area (Å²) >= 11 is 0. The molecule has 1 saturated heterocycles. The Morgan fingerprint density at radius 3 is 2.73 bits per heavy atom. The van der Waals surface area contributed by atoms with E-state index in [2.05, 4.69) is 25.7 Å². The average molecular weight is 157 g/mol. The Labute approximate surface area is 69.5 Å². The third-order valence-corrected chi connectivity index (χ3v) is 2.41. The largest absolute Gasteiger partial charge is 0.363 e. The Bertz CT molecular complexity index is 106. The summed E-state index contributed by atoms with van der Waals surface area (Å²) in [5.41, 5.74) is 0. The fraction of sp³-hybridized carbons (Fsp3) is 1.00. The van der Waals surface area contributed by atoms with Gasteiger partial charge in [0.2, 0.25) is 0 Å². The maximum Gasteiger partial charge on any atom is 0.107 e. The molecular weight excluding hydrogens is 138 g/mol. The second-order valence-corrected chi connectivity index (χ2v) is 3.35. The van der Waals surface area contributed by atoms with Crippen LogP contribution in [0.25, 0.3) is 0 Å². The van der Waals surface area contributed by atoms with Crippen LogP contribution in [0.5, 0.6) is 0 Å². The summed E-state index contributed by atoms with van der Waals surface area (Å²) in [6, 6.07) is 0.707. The third-order valence-electron chi connectivity index (χ3n) is 2.41. The minimum atomic E-state index is 0.332. The summed E-state index contributed by atoms with van der Waals surface area (Å²) in [7, 11) is 0. The van der Waals surface area contributed by atoms with E-state index in [0.29, 0.717) is 12.3 Å². The first-order chi connectivity index (χ1) is 5.25. The summed E-state index contributed by atoms with van der Waals surface area (Å²) in [6.07, 6.45) is 2.74. The SMILES string of the molecule is CCCN1C(C)OCC[C@H]1C. The van der Waals surface area contributed by atoms with Gasteiger partial charge in [-0.15, -0.1) is 0 Å². The number of nitrogens with zero attached hydrogens (tertiary/aromatic N) is 1. The van der Waals surface area contributed by atoms with E-state index in [4.69, 9.17) is 4.74 Å². The molecule has 0 aromatic heterocycles. The highest BCUT2D eigenvalue weighted by Crippen LogP contribution is 2.16. The molecule has 1 rings (SSSR count). The molecule has 0 aliphatic carbocycles. The van der Waals surface area contributed by atoms with Gasteiger partial charge in [-0.05, 0) is 26.7 Å². The van der Waals surface area contributed by atoms with Crippen LogP contribution in [0.3, 0.4) is 0 Å². The molecule has 0 bridgehead atoms. The van der Waals surface area contributed by atoms with Gasteiger partial charge in [0.05, 0.1) is 6.61 Å². The van der Waals surface area contributed by atoms with E-state index in [-0.39, 0.29) is 0 Å². The monoisotopic (exact) mass is 157 g/mol. The van der Waals surface area contributed by atoms with E-state index in [9.17, 15) is 0 Å². The van der Waals surface area contributed by atoms with Crippen molar-refractivity contribution in [2.45, 2.75) is 45.9 Å². The Morgan fingerprint density at radius 1 is 1.45 bits per heavy atom. The summed E-state index contributed by atoms with van der Waals surface area (Å²) < 4.78 is 5.54. The fourth-order valence-electron chi connectivity index (χ4n) is 1.69. The fourth-order valence-corrected chi connectivity index (χ4v) is 1.69. The van der Waals surface area contributed by atoms with Crippen molar-refractivity contribution >= 4 is 0 Å². The van der Waals surface area contributed by atoms with E-state index in [1.165, 1.54) is 19.4 Å².